The number of ether oxygens (including phenoxy) is 1. The minimum Gasteiger partial charge on any atom is -0.497 e. The predicted octanol–water partition coefficient (Wildman–Crippen LogP) is 4.05. The first-order chi connectivity index (χ1) is 10.1. The van der Waals surface area contributed by atoms with Gasteiger partial charge < -0.3 is 15.4 Å². The maximum Gasteiger partial charge on any atom is 0.243 e. The quantitative estimate of drug-likeness (QED) is 0.872. The normalized spacial score (nSPS) is 10.0. The summed E-state index contributed by atoms with van der Waals surface area (Å²) in [5, 5.41) is 6.66. The van der Waals surface area contributed by atoms with Crippen molar-refractivity contribution in [1.29, 1.82) is 0 Å². The fourth-order valence-electron chi connectivity index (χ4n) is 1.69. The van der Waals surface area contributed by atoms with Crippen LogP contribution in [0.15, 0.2) is 42.5 Å². The summed E-state index contributed by atoms with van der Waals surface area (Å²) in [7, 11) is 1.58. The number of carbonyl (C=O) groups excluding carboxylic acids is 1. The number of anilines is 2. The van der Waals surface area contributed by atoms with E-state index in [-0.39, 0.29) is 12.5 Å². The molecule has 0 bridgehead atoms. The van der Waals surface area contributed by atoms with E-state index in [4.69, 9.17) is 27.9 Å². The summed E-state index contributed by atoms with van der Waals surface area (Å²) < 4.78 is 5.10. The molecule has 4 nitrogen and oxygen atoms in total. The third kappa shape index (κ3) is 4.55. The van der Waals surface area contributed by atoms with E-state index in [1.54, 1.807) is 43.5 Å². The van der Waals surface area contributed by atoms with Gasteiger partial charge in [-0.05, 0) is 30.3 Å². The summed E-state index contributed by atoms with van der Waals surface area (Å²) in [6.45, 7) is 0.120. The minimum atomic E-state index is -0.172. The van der Waals surface area contributed by atoms with Crippen molar-refractivity contribution in [1.82, 2.24) is 0 Å². The number of methoxy groups -OCH3 is 1. The lowest BCUT2D eigenvalue weighted by Crippen LogP contribution is -2.21. The predicted molar refractivity (Wildman–Crippen MR) is 86.6 cm³/mol. The highest BCUT2D eigenvalue weighted by Gasteiger charge is 2.04. The van der Waals surface area contributed by atoms with Gasteiger partial charge in [-0.3, -0.25) is 4.79 Å². The highest BCUT2D eigenvalue weighted by Crippen LogP contribution is 2.24. The van der Waals surface area contributed by atoms with Crippen molar-refractivity contribution in [2.45, 2.75) is 0 Å². The van der Waals surface area contributed by atoms with E-state index in [9.17, 15) is 4.79 Å². The molecule has 2 aromatic rings. The molecule has 0 aliphatic carbocycles. The molecule has 110 valence electrons. The Morgan fingerprint density at radius 1 is 1.10 bits per heavy atom. The number of nitrogens with one attached hydrogen (secondary N) is 2. The zero-order valence-electron chi connectivity index (χ0n) is 11.3. The molecular formula is C15H14Cl2N2O2. The molecule has 0 radical (unpaired) electrons. The summed E-state index contributed by atoms with van der Waals surface area (Å²) in [6.07, 6.45) is 0. The number of hydrogen-bond acceptors (Lipinski definition) is 3. The van der Waals surface area contributed by atoms with E-state index in [1.807, 2.05) is 6.07 Å². The van der Waals surface area contributed by atoms with Gasteiger partial charge >= 0.3 is 0 Å². The first kappa shape index (κ1) is 15.5. The molecule has 0 aliphatic rings. The van der Waals surface area contributed by atoms with Crippen molar-refractivity contribution in [2.75, 3.05) is 24.3 Å². The van der Waals surface area contributed by atoms with Crippen LogP contribution in [0.3, 0.4) is 0 Å². The molecule has 2 rings (SSSR count). The van der Waals surface area contributed by atoms with Gasteiger partial charge in [0.2, 0.25) is 5.91 Å². The molecule has 2 aromatic carbocycles. The third-order valence-electron chi connectivity index (χ3n) is 2.73. The first-order valence-corrected chi connectivity index (χ1v) is 6.97. The Hall–Kier alpha value is -1.91. The van der Waals surface area contributed by atoms with Crippen molar-refractivity contribution >= 4 is 40.5 Å². The van der Waals surface area contributed by atoms with Crippen molar-refractivity contribution in [2.24, 2.45) is 0 Å². The van der Waals surface area contributed by atoms with Gasteiger partial charge in [0, 0.05) is 17.4 Å². The number of halogens is 2. The van der Waals surface area contributed by atoms with Crippen LogP contribution in [0.4, 0.5) is 11.4 Å². The zero-order valence-corrected chi connectivity index (χ0v) is 12.8. The van der Waals surface area contributed by atoms with Crippen LogP contribution in [-0.2, 0) is 4.79 Å². The molecular weight excluding hydrogens is 311 g/mol. The topological polar surface area (TPSA) is 50.4 Å². The maximum absolute atomic E-state index is 11.9. The molecule has 0 unspecified atom stereocenters. The molecule has 0 heterocycles. The summed E-state index contributed by atoms with van der Waals surface area (Å²) in [5.74, 6) is 0.513. The fraction of sp³-hybridized carbons (Fsp3) is 0.133. The summed E-state index contributed by atoms with van der Waals surface area (Å²) >= 11 is 11.7. The number of benzene rings is 2. The monoisotopic (exact) mass is 324 g/mol. The molecule has 2 N–H and O–H groups in total. The number of rotatable bonds is 5. The summed E-state index contributed by atoms with van der Waals surface area (Å²) in [4.78, 5) is 11.9. The lowest BCUT2D eigenvalue weighted by molar-refractivity contribution is -0.114. The summed E-state index contributed by atoms with van der Waals surface area (Å²) in [5.41, 5.74) is 1.40. The molecule has 0 aromatic heterocycles. The maximum atomic E-state index is 11.9. The smallest absolute Gasteiger partial charge is 0.243 e. The Bertz CT molecular complexity index is 647. The van der Waals surface area contributed by atoms with Crippen molar-refractivity contribution in [3.05, 3.63) is 52.5 Å². The molecule has 21 heavy (non-hydrogen) atoms. The number of carbonyl (C=O) groups is 1. The average molecular weight is 325 g/mol. The van der Waals surface area contributed by atoms with Gasteiger partial charge in [0.1, 0.15) is 5.75 Å². The first-order valence-electron chi connectivity index (χ1n) is 6.21. The van der Waals surface area contributed by atoms with Gasteiger partial charge in [-0.2, -0.15) is 0 Å². The molecule has 0 spiro atoms. The van der Waals surface area contributed by atoms with Crippen LogP contribution >= 0.6 is 23.2 Å². The molecule has 0 fully saturated rings. The highest BCUT2D eigenvalue weighted by molar-refractivity contribution is 6.42. The van der Waals surface area contributed by atoms with Gasteiger partial charge in [0.15, 0.2) is 0 Å². The van der Waals surface area contributed by atoms with Crippen molar-refractivity contribution < 1.29 is 9.53 Å². The molecule has 0 aliphatic heterocycles. The van der Waals surface area contributed by atoms with Crippen LogP contribution < -0.4 is 15.4 Å². The fourth-order valence-corrected chi connectivity index (χ4v) is 1.99. The summed E-state index contributed by atoms with van der Waals surface area (Å²) in [6, 6.07) is 12.3. The Kier molecular flexibility index (Phi) is 5.31. The van der Waals surface area contributed by atoms with Crippen LogP contribution in [0, 0.1) is 0 Å². The molecule has 6 heteroatoms. The van der Waals surface area contributed by atoms with E-state index in [0.29, 0.717) is 21.5 Å². The average Bonchev–Trinajstić information content (AvgIpc) is 2.48. The highest BCUT2D eigenvalue weighted by atomic mass is 35.5. The molecule has 0 atom stereocenters. The van der Waals surface area contributed by atoms with E-state index in [2.05, 4.69) is 10.6 Å². The standard InChI is InChI=1S/C15H14Cl2N2O2/c1-21-12-4-2-3-11(7-12)19-15(20)9-18-10-5-6-13(16)14(17)8-10/h2-8,18H,9H2,1H3,(H,19,20). The van der Waals surface area contributed by atoms with Gasteiger partial charge in [-0.1, -0.05) is 29.3 Å². The Labute approximate surface area is 133 Å². The molecule has 0 saturated carbocycles. The number of amides is 1. The van der Waals surface area contributed by atoms with Crippen LogP contribution in [0.1, 0.15) is 0 Å². The van der Waals surface area contributed by atoms with Crippen LogP contribution in [0.2, 0.25) is 10.0 Å². The van der Waals surface area contributed by atoms with E-state index >= 15 is 0 Å². The lowest BCUT2D eigenvalue weighted by Gasteiger charge is -2.09. The second-order valence-corrected chi connectivity index (χ2v) is 5.08. The van der Waals surface area contributed by atoms with Gasteiger partial charge in [0.25, 0.3) is 0 Å². The van der Waals surface area contributed by atoms with E-state index in [0.717, 1.165) is 5.69 Å². The molecule has 1 amide bonds. The van der Waals surface area contributed by atoms with Crippen LogP contribution in [0.5, 0.6) is 5.75 Å². The second-order valence-electron chi connectivity index (χ2n) is 4.26. The van der Waals surface area contributed by atoms with E-state index < -0.39 is 0 Å². The minimum absolute atomic E-state index is 0.120. The van der Waals surface area contributed by atoms with Gasteiger partial charge in [-0.25, -0.2) is 0 Å². The van der Waals surface area contributed by atoms with Crippen molar-refractivity contribution in [3.63, 3.8) is 0 Å². The van der Waals surface area contributed by atoms with E-state index in [1.165, 1.54) is 0 Å². The Morgan fingerprint density at radius 2 is 1.90 bits per heavy atom. The molecule has 0 saturated heterocycles. The second kappa shape index (κ2) is 7.20. The third-order valence-corrected chi connectivity index (χ3v) is 3.47. The zero-order chi connectivity index (χ0) is 15.2. The van der Waals surface area contributed by atoms with Gasteiger partial charge in [0.05, 0.1) is 23.7 Å². The number of hydrogen-bond donors (Lipinski definition) is 2. The Balaban J connectivity index is 1.90. The SMILES string of the molecule is COc1cccc(NC(=O)CNc2ccc(Cl)c(Cl)c2)c1. The van der Waals surface area contributed by atoms with Gasteiger partial charge in [-0.15, -0.1) is 0 Å². The van der Waals surface area contributed by atoms with Crippen LogP contribution in [0.25, 0.3) is 0 Å². The Morgan fingerprint density at radius 3 is 2.62 bits per heavy atom. The largest absolute Gasteiger partial charge is 0.497 e. The van der Waals surface area contributed by atoms with Crippen LogP contribution in [-0.4, -0.2) is 19.6 Å². The van der Waals surface area contributed by atoms with Crippen molar-refractivity contribution in [3.8, 4) is 5.75 Å². The lowest BCUT2D eigenvalue weighted by atomic mass is 10.3.